The molecule has 0 aliphatic heterocycles. The molecular weight excluding hydrogens is 296 g/mol. The molecule has 0 aliphatic rings. The summed E-state index contributed by atoms with van der Waals surface area (Å²) in [6.07, 6.45) is 0. The first kappa shape index (κ1) is 14.6. The number of nitrogens with zero attached hydrogens (tertiary/aromatic N) is 2. The molecule has 2 heterocycles. The zero-order chi connectivity index (χ0) is 15.7. The Morgan fingerprint density at radius 2 is 2.14 bits per heavy atom. The Bertz CT molecular complexity index is 834. The van der Waals surface area contributed by atoms with Crippen LogP contribution in [0.25, 0.3) is 10.9 Å². The standard InChI is InChI=1S/C16H18N4OS/c1-10-9-12-5-3-4-6-13(12)20(10)8-7-18-15(21)14-11(2)19-16(17)22-14/h3-6,9H,7-8H2,1-2H3,(H2,17,19)(H,18,21). The van der Waals surface area contributed by atoms with Gasteiger partial charge in [0, 0.05) is 24.3 Å². The number of benzene rings is 1. The normalized spacial score (nSPS) is 11.0. The summed E-state index contributed by atoms with van der Waals surface area (Å²) < 4.78 is 2.21. The monoisotopic (exact) mass is 314 g/mol. The van der Waals surface area contributed by atoms with Crippen LogP contribution in [0.5, 0.6) is 0 Å². The van der Waals surface area contributed by atoms with E-state index < -0.39 is 0 Å². The molecule has 1 aromatic carbocycles. The highest BCUT2D eigenvalue weighted by Crippen LogP contribution is 2.20. The Morgan fingerprint density at radius 3 is 2.86 bits per heavy atom. The summed E-state index contributed by atoms with van der Waals surface area (Å²) in [6.45, 7) is 5.18. The lowest BCUT2D eigenvalue weighted by Crippen LogP contribution is -2.27. The third-order valence-electron chi connectivity index (χ3n) is 3.66. The largest absolute Gasteiger partial charge is 0.375 e. The van der Waals surface area contributed by atoms with E-state index >= 15 is 0 Å². The molecule has 3 rings (SSSR count). The highest BCUT2D eigenvalue weighted by Gasteiger charge is 2.13. The molecule has 3 aromatic rings. The summed E-state index contributed by atoms with van der Waals surface area (Å²) in [5.74, 6) is -0.110. The number of aryl methyl sites for hydroxylation is 2. The van der Waals surface area contributed by atoms with Crippen molar-refractivity contribution in [3.8, 4) is 0 Å². The number of thiazole rings is 1. The lowest BCUT2D eigenvalue weighted by Gasteiger charge is -2.09. The number of hydrogen-bond acceptors (Lipinski definition) is 4. The number of fused-ring (bicyclic) bond motifs is 1. The van der Waals surface area contributed by atoms with Crippen molar-refractivity contribution in [3.05, 3.63) is 46.6 Å². The molecule has 0 saturated heterocycles. The molecule has 5 nitrogen and oxygen atoms in total. The smallest absolute Gasteiger partial charge is 0.263 e. The molecule has 0 unspecified atom stereocenters. The summed E-state index contributed by atoms with van der Waals surface area (Å²) in [7, 11) is 0. The summed E-state index contributed by atoms with van der Waals surface area (Å²) in [6, 6.07) is 10.4. The molecule has 0 bridgehead atoms. The summed E-state index contributed by atoms with van der Waals surface area (Å²) in [5.41, 5.74) is 8.69. The third-order valence-corrected chi connectivity index (χ3v) is 4.64. The maximum Gasteiger partial charge on any atom is 0.263 e. The fourth-order valence-electron chi connectivity index (χ4n) is 2.63. The van der Waals surface area contributed by atoms with Crippen LogP contribution in [0.4, 0.5) is 5.13 Å². The topological polar surface area (TPSA) is 72.9 Å². The van der Waals surface area contributed by atoms with Gasteiger partial charge in [-0.2, -0.15) is 0 Å². The molecule has 2 aromatic heterocycles. The first-order valence-corrected chi connectivity index (χ1v) is 7.94. The maximum atomic E-state index is 12.2. The number of anilines is 1. The summed E-state index contributed by atoms with van der Waals surface area (Å²) in [5, 5.41) is 4.58. The van der Waals surface area contributed by atoms with Crippen molar-refractivity contribution in [2.75, 3.05) is 12.3 Å². The highest BCUT2D eigenvalue weighted by atomic mass is 32.1. The average molecular weight is 314 g/mol. The Balaban J connectivity index is 1.69. The van der Waals surface area contributed by atoms with Crippen LogP contribution in [0.15, 0.2) is 30.3 Å². The van der Waals surface area contributed by atoms with Gasteiger partial charge >= 0.3 is 0 Å². The van der Waals surface area contributed by atoms with E-state index in [1.807, 2.05) is 12.1 Å². The first-order valence-electron chi connectivity index (χ1n) is 7.12. The minimum atomic E-state index is -0.110. The van der Waals surface area contributed by atoms with Gasteiger partial charge in [-0.1, -0.05) is 29.5 Å². The van der Waals surface area contributed by atoms with E-state index in [0.29, 0.717) is 22.2 Å². The average Bonchev–Trinajstić information content (AvgIpc) is 2.98. The van der Waals surface area contributed by atoms with Crippen molar-refractivity contribution >= 4 is 33.3 Å². The van der Waals surface area contributed by atoms with Crippen LogP contribution in [0.1, 0.15) is 21.1 Å². The number of para-hydroxylation sites is 1. The lowest BCUT2D eigenvalue weighted by molar-refractivity contribution is 0.0955. The number of carbonyl (C=O) groups excluding carboxylic acids is 1. The van der Waals surface area contributed by atoms with Crippen LogP contribution >= 0.6 is 11.3 Å². The number of nitrogen functional groups attached to an aromatic ring is 1. The Morgan fingerprint density at radius 1 is 1.36 bits per heavy atom. The van der Waals surface area contributed by atoms with Gasteiger partial charge in [-0.05, 0) is 31.4 Å². The van der Waals surface area contributed by atoms with Crippen molar-refractivity contribution in [1.29, 1.82) is 0 Å². The fraction of sp³-hybridized carbons (Fsp3) is 0.250. The molecule has 6 heteroatoms. The van der Waals surface area contributed by atoms with Crippen LogP contribution in [0.3, 0.4) is 0 Å². The molecule has 114 valence electrons. The number of aromatic nitrogens is 2. The Kier molecular flexibility index (Phi) is 3.85. The zero-order valence-electron chi connectivity index (χ0n) is 12.6. The van der Waals surface area contributed by atoms with E-state index in [0.717, 1.165) is 6.54 Å². The second-order valence-corrected chi connectivity index (χ2v) is 6.25. The van der Waals surface area contributed by atoms with E-state index in [2.05, 4.69) is 40.0 Å². The number of nitrogens with one attached hydrogen (secondary N) is 1. The van der Waals surface area contributed by atoms with Gasteiger partial charge in [-0.3, -0.25) is 4.79 Å². The predicted molar refractivity (Wildman–Crippen MR) is 90.3 cm³/mol. The van der Waals surface area contributed by atoms with Gasteiger partial charge in [0.25, 0.3) is 5.91 Å². The minimum absolute atomic E-state index is 0.110. The van der Waals surface area contributed by atoms with Crippen molar-refractivity contribution in [2.24, 2.45) is 0 Å². The zero-order valence-corrected chi connectivity index (χ0v) is 13.4. The SMILES string of the molecule is Cc1nc(N)sc1C(=O)NCCn1c(C)cc2ccccc21. The molecule has 0 atom stereocenters. The molecule has 0 saturated carbocycles. The highest BCUT2D eigenvalue weighted by molar-refractivity contribution is 7.17. The lowest BCUT2D eigenvalue weighted by atomic mass is 10.2. The van der Waals surface area contributed by atoms with E-state index in [1.165, 1.54) is 27.9 Å². The van der Waals surface area contributed by atoms with Gasteiger partial charge in [0.2, 0.25) is 0 Å². The van der Waals surface area contributed by atoms with Gasteiger partial charge in [0.05, 0.1) is 5.69 Å². The van der Waals surface area contributed by atoms with E-state index in [9.17, 15) is 4.79 Å². The summed E-state index contributed by atoms with van der Waals surface area (Å²) in [4.78, 5) is 16.8. The second kappa shape index (κ2) is 5.81. The van der Waals surface area contributed by atoms with Gasteiger partial charge in [0.15, 0.2) is 5.13 Å². The number of carbonyl (C=O) groups is 1. The van der Waals surface area contributed by atoms with Gasteiger partial charge in [-0.15, -0.1) is 0 Å². The van der Waals surface area contributed by atoms with Crippen molar-refractivity contribution in [1.82, 2.24) is 14.9 Å². The molecular formula is C16H18N4OS. The predicted octanol–water partition coefficient (Wildman–Crippen LogP) is 2.73. The van der Waals surface area contributed by atoms with Gasteiger partial charge in [0.1, 0.15) is 4.88 Å². The quantitative estimate of drug-likeness (QED) is 0.777. The van der Waals surface area contributed by atoms with Crippen LogP contribution < -0.4 is 11.1 Å². The van der Waals surface area contributed by atoms with Crippen molar-refractivity contribution in [2.45, 2.75) is 20.4 Å². The van der Waals surface area contributed by atoms with Crippen LogP contribution in [0, 0.1) is 13.8 Å². The number of hydrogen-bond donors (Lipinski definition) is 2. The van der Waals surface area contributed by atoms with Crippen molar-refractivity contribution < 1.29 is 4.79 Å². The Labute approximate surface area is 132 Å². The van der Waals surface area contributed by atoms with E-state index in [1.54, 1.807) is 6.92 Å². The van der Waals surface area contributed by atoms with Crippen LogP contribution in [-0.2, 0) is 6.54 Å². The number of amides is 1. The van der Waals surface area contributed by atoms with Crippen LogP contribution in [0.2, 0.25) is 0 Å². The molecule has 0 fully saturated rings. The van der Waals surface area contributed by atoms with Gasteiger partial charge in [-0.25, -0.2) is 4.98 Å². The van der Waals surface area contributed by atoms with Gasteiger partial charge < -0.3 is 15.6 Å². The van der Waals surface area contributed by atoms with E-state index in [4.69, 9.17) is 5.73 Å². The third kappa shape index (κ3) is 2.69. The Hall–Kier alpha value is -2.34. The van der Waals surface area contributed by atoms with E-state index in [-0.39, 0.29) is 5.91 Å². The molecule has 0 radical (unpaired) electrons. The fourth-order valence-corrected chi connectivity index (χ4v) is 3.38. The van der Waals surface area contributed by atoms with Crippen molar-refractivity contribution in [3.63, 3.8) is 0 Å². The molecule has 1 amide bonds. The molecule has 3 N–H and O–H groups in total. The minimum Gasteiger partial charge on any atom is -0.375 e. The number of nitrogens with two attached hydrogens (primary N) is 1. The second-order valence-electron chi connectivity index (χ2n) is 5.22. The number of rotatable bonds is 4. The molecule has 0 aliphatic carbocycles. The summed E-state index contributed by atoms with van der Waals surface area (Å²) >= 11 is 1.22. The molecule has 0 spiro atoms. The maximum absolute atomic E-state index is 12.2. The first-order chi connectivity index (χ1) is 10.6. The molecule has 22 heavy (non-hydrogen) atoms. The van der Waals surface area contributed by atoms with Crippen LogP contribution in [-0.4, -0.2) is 22.0 Å².